The SMILES string of the molecule is CC(C)(C)O[C@H]1C=C(c2ccccc2)[C@H](OC(=O)c2ccccc2)CC1. The van der Waals surface area contributed by atoms with Crippen molar-refractivity contribution in [2.24, 2.45) is 0 Å². The molecule has 0 N–H and O–H groups in total. The van der Waals surface area contributed by atoms with Crippen molar-refractivity contribution in [1.82, 2.24) is 0 Å². The van der Waals surface area contributed by atoms with Gasteiger partial charge >= 0.3 is 5.97 Å². The fraction of sp³-hybridized carbons (Fsp3) is 0.348. The van der Waals surface area contributed by atoms with Gasteiger partial charge in [-0.3, -0.25) is 0 Å². The molecule has 136 valence electrons. The molecular weight excluding hydrogens is 324 g/mol. The van der Waals surface area contributed by atoms with Crippen molar-refractivity contribution in [3.05, 3.63) is 77.9 Å². The zero-order chi connectivity index (χ0) is 18.6. The third-order valence-corrected chi connectivity index (χ3v) is 4.30. The average Bonchev–Trinajstić information content (AvgIpc) is 2.63. The van der Waals surface area contributed by atoms with E-state index < -0.39 is 0 Å². The minimum Gasteiger partial charge on any atom is -0.454 e. The molecule has 0 spiro atoms. The molecule has 0 saturated carbocycles. The van der Waals surface area contributed by atoms with Crippen LogP contribution in [0.3, 0.4) is 0 Å². The molecule has 2 atom stereocenters. The lowest BCUT2D eigenvalue weighted by Crippen LogP contribution is -2.32. The Labute approximate surface area is 155 Å². The number of carbonyl (C=O) groups excluding carboxylic acids is 1. The van der Waals surface area contributed by atoms with Gasteiger partial charge in [0.15, 0.2) is 0 Å². The summed E-state index contributed by atoms with van der Waals surface area (Å²) in [4.78, 5) is 12.5. The molecule has 26 heavy (non-hydrogen) atoms. The van der Waals surface area contributed by atoms with Gasteiger partial charge in [0, 0.05) is 0 Å². The van der Waals surface area contributed by atoms with Gasteiger partial charge in [0.2, 0.25) is 0 Å². The number of hydrogen-bond donors (Lipinski definition) is 0. The standard InChI is InChI=1S/C23H26O3/c1-23(2,3)26-19-14-15-21(20(16-19)17-10-6-4-7-11-17)25-22(24)18-12-8-5-9-13-18/h4-13,16,19,21H,14-15H2,1-3H3/t19-,21-/m1/s1. The first kappa shape index (κ1) is 18.4. The molecule has 2 aromatic rings. The van der Waals surface area contributed by atoms with Crippen LogP contribution in [0, 0.1) is 0 Å². The number of hydrogen-bond acceptors (Lipinski definition) is 3. The van der Waals surface area contributed by atoms with Crippen LogP contribution in [0.1, 0.15) is 49.5 Å². The quantitative estimate of drug-likeness (QED) is 0.704. The Hall–Kier alpha value is -2.39. The highest BCUT2D eigenvalue weighted by atomic mass is 16.5. The smallest absolute Gasteiger partial charge is 0.338 e. The molecular formula is C23H26O3. The highest BCUT2D eigenvalue weighted by Crippen LogP contribution is 2.33. The fourth-order valence-corrected chi connectivity index (χ4v) is 3.22. The van der Waals surface area contributed by atoms with Gasteiger partial charge in [0.1, 0.15) is 6.10 Å². The van der Waals surface area contributed by atoms with Gasteiger partial charge < -0.3 is 9.47 Å². The summed E-state index contributed by atoms with van der Waals surface area (Å²) < 4.78 is 12.0. The maximum atomic E-state index is 12.5. The van der Waals surface area contributed by atoms with E-state index in [4.69, 9.17) is 9.47 Å². The van der Waals surface area contributed by atoms with Crippen LogP contribution in [0.2, 0.25) is 0 Å². The molecule has 0 saturated heterocycles. The van der Waals surface area contributed by atoms with Crippen molar-refractivity contribution in [2.45, 2.75) is 51.4 Å². The van der Waals surface area contributed by atoms with E-state index in [1.54, 1.807) is 12.1 Å². The molecule has 3 rings (SSSR count). The molecule has 1 aliphatic rings. The van der Waals surface area contributed by atoms with Crippen molar-refractivity contribution in [3.8, 4) is 0 Å². The van der Waals surface area contributed by atoms with Gasteiger partial charge in [-0.15, -0.1) is 0 Å². The minimum atomic E-state index is -0.285. The second-order valence-electron chi connectivity index (χ2n) is 7.59. The normalized spacial score (nSPS) is 20.3. The van der Waals surface area contributed by atoms with Crippen molar-refractivity contribution in [2.75, 3.05) is 0 Å². The lowest BCUT2D eigenvalue weighted by molar-refractivity contribution is -0.0479. The third kappa shape index (κ3) is 4.83. The van der Waals surface area contributed by atoms with E-state index in [1.807, 2.05) is 36.4 Å². The van der Waals surface area contributed by atoms with Crippen LogP contribution in [0.4, 0.5) is 0 Å². The number of ether oxygens (including phenoxy) is 2. The van der Waals surface area contributed by atoms with Gasteiger partial charge in [-0.25, -0.2) is 4.79 Å². The summed E-state index contributed by atoms with van der Waals surface area (Å²) in [6.07, 6.45) is 3.47. The van der Waals surface area contributed by atoms with Crippen molar-refractivity contribution >= 4 is 11.5 Å². The second-order valence-corrected chi connectivity index (χ2v) is 7.59. The number of benzene rings is 2. The summed E-state index contributed by atoms with van der Waals surface area (Å²) in [7, 11) is 0. The molecule has 3 nitrogen and oxygen atoms in total. The van der Waals surface area contributed by atoms with Crippen LogP contribution in [0.15, 0.2) is 66.7 Å². The van der Waals surface area contributed by atoms with E-state index in [0.717, 1.165) is 24.0 Å². The van der Waals surface area contributed by atoms with E-state index in [1.165, 1.54) is 0 Å². The van der Waals surface area contributed by atoms with Gasteiger partial charge in [0.05, 0.1) is 17.3 Å². The topological polar surface area (TPSA) is 35.5 Å². The van der Waals surface area contributed by atoms with Crippen molar-refractivity contribution in [1.29, 1.82) is 0 Å². The molecule has 0 fully saturated rings. The molecule has 1 aliphatic carbocycles. The van der Waals surface area contributed by atoms with E-state index >= 15 is 0 Å². The fourth-order valence-electron chi connectivity index (χ4n) is 3.22. The molecule has 0 heterocycles. The second kappa shape index (κ2) is 7.88. The zero-order valence-electron chi connectivity index (χ0n) is 15.6. The lowest BCUT2D eigenvalue weighted by atomic mass is 9.89. The molecule has 3 heteroatoms. The highest BCUT2D eigenvalue weighted by Gasteiger charge is 2.29. The Balaban J connectivity index is 1.84. The van der Waals surface area contributed by atoms with Crippen LogP contribution >= 0.6 is 0 Å². The first-order valence-electron chi connectivity index (χ1n) is 9.13. The number of esters is 1. The monoisotopic (exact) mass is 350 g/mol. The van der Waals surface area contributed by atoms with Crippen LogP contribution < -0.4 is 0 Å². The first-order chi connectivity index (χ1) is 12.4. The highest BCUT2D eigenvalue weighted by molar-refractivity contribution is 5.90. The summed E-state index contributed by atoms with van der Waals surface area (Å²) in [6.45, 7) is 6.18. The number of rotatable bonds is 4. The van der Waals surface area contributed by atoms with Gasteiger partial charge in [-0.1, -0.05) is 48.5 Å². The lowest BCUT2D eigenvalue weighted by Gasteiger charge is -2.32. The van der Waals surface area contributed by atoms with Crippen molar-refractivity contribution < 1.29 is 14.3 Å². The Morgan fingerprint density at radius 1 is 0.923 bits per heavy atom. The molecule has 0 radical (unpaired) electrons. The molecule has 0 aromatic heterocycles. The summed E-state index contributed by atoms with van der Waals surface area (Å²) >= 11 is 0. The number of carbonyl (C=O) groups is 1. The summed E-state index contributed by atoms with van der Waals surface area (Å²) in [5, 5.41) is 0. The van der Waals surface area contributed by atoms with E-state index in [-0.39, 0.29) is 23.8 Å². The maximum Gasteiger partial charge on any atom is 0.338 e. The molecule has 0 unspecified atom stereocenters. The van der Waals surface area contributed by atoms with E-state index in [2.05, 4.69) is 39.0 Å². The molecule has 0 bridgehead atoms. The first-order valence-corrected chi connectivity index (χ1v) is 9.13. The Morgan fingerprint density at radius 2 is 1.54 bits per heavy atom. The predicted octanol–water partition coefficient (Wildman–Crippen LogP) is 5.27. The van der Waals surface area contributed by atoms with Crippen LogP contribution in [0.25, 0.3) is 5.57 Å². The molecule has 0 aliphatic heterocycles. The largest absolute Gasteiger partial charge is 0.454 e. The Bertz CT molecular complexity index is 757. The van der Waals surface area contributed by atoms with Gasteiger partial charge in [0.25, 0.3) is 0 Å². The minimum absolute atomic E-state index is 0.0249. The van der Waals surface area contributed by atoms with Gasteiger partial charge in [-0.05, 0) is 63.0 Å². The summed E-state index contributed by atoms with van der Waals surface area (Å²) in [6, 6.07) is 19.2. The zero-order valence-corrected chi connectivity index (χ0v) is 15.6. The van der Waals surface area contributed by atoms with Gasteiger partial charge in [-0.2, -0.15) is 0 Å². The van der Waals surface area contributed by atoms with Crippen LogP contribution in [-0.2, 0) is 9.47 Å². The van der Waals surface area contributed by atoms with Crippen LogP contribution in [-0.4, -0.2) is 23.8 Å². The van der Waals surface area contributed by atoms with E-state index in [0.29, 0.717) is 5.56 Å². The van der Waals surface area contributed by atoms with Crippen molar-refractivity contribution in [3.63, 3.8) is 0 Å². The van der Waals surface area contributed by atoms with Crippen LogP contribution in [0.5, 0.6) is 0 Å². The third-order valence-electron chi connectivity index (χ3n) is 4.30. The summed E-state index contributed by atoms with van der Waals surface area (Å²) in [5.41, 5.74) is 2.46. The molecule has 0 amide bonds. The van der Waals surface area contributed by atoms with E-state index in [9.17, 15) is 4.79 Å². The maximum absolute atomic E-state index is 12.5. The summed E-state index contributed by atoms with van der Waals surface area (Å²) in [5.74, 6) is -0.285. The average molecular weight is 350 g/mol. The predicted molar refractivity (Wildman–Crippen MR) is 104 cm³/mol. The molecule has 2 aromatic carbocycles. The Morgan fingerprint density at radius 3 is 2.15 bits per heavy atom. The Kier molecular flexibility index (Phi) is 5.58.